The Kier molecular flexibility index (Phi) is 4.39. The number of pyridine rings is 1. The average molecular weight is 307 g/mol. The fourth-order valence-electron chi connectivity index (χ4n) is 1.61. The lowest BCUT2D eigenvalue weighted by atomic mass is 10.2. The number of methoxy groups -OCH3 is 1. The van der Waals surface area contributed by atoms with Gasteiger partial charge in [0.1, 0.15) is 5.75 Å². The lowest BCUT2D eigenvalue weighted by molar-refractivity contribution is 0.0600. The molecule has 0 aliphatic rings. The van der Waals surface area contributed by atoms with Crippen LogP contribution in [0.1, 0.15) is 20.7 Å². The number of carbonyl (C=O) groups excluding carboxylic acids is 2. The number of benzene rings is 1. The zero-order valence-electron chi connectivity index (χ0n) is 11.0. The molecule has 0 aliphatic heterocycles. The van der Waals surface area contributed by atoms with Crippen LogP contribution in [-0.2, 0) is 4.74 Å². The highest BCUT2D eigenvalue weighted by atomic mass is 35.5. The fourth-order valence-corrected chi connectivity index (χ4v) is 1.78. The third kappa shape index (κ3) is 3.49. The zero-order chi connectivity index (χ0) is 15.4. The van der Waals surface area contributed by atoms with Crippen molar-refractivity contribution in [3.05, 3.63) is 52.8 Å². The van der Waals surface area contributed by atoms with Gasteiger partial charge in [-0.05, 0) is 24.3 Å². The number of esters is 1. The van der Waals surface area contributed by atoms with Crippen LogP contribution in [0.5, 0.6) is 5.75 Å². The van der Waals surface area contributed by atoms with E-state index in [9.17, 15) is 14.7 Å². The molecule has 6 nitrogen and oxygen atoms in total. The second kappa shape index (κ2) is 6.23. The van der Waals surface area contributed by atoms with Gasteiger partial charge >= 0.3 is 5.97 Å². The molecule has 1 amide bonds. The number of amides is 1. The van der Waals surface area contributed by atoms with E-state index in [0.29, 0.717) is 0 Å². The number of halogens is 1. The van der Waals surface area contributed by atoms with Gasteiger partial charge in [-0.15, -0.1) is 0 Å². The van der Waals surface area contributed by atoms with Crippen LogP contribution in [0.15, 0.2) is 36.7 Å². The number of anilines is 1. The highest BCUT2D eigenvalue weighted by Crippen LogP contribution is 2.24. The summed E-state index contributed by atoms with van der Waals surface area (Å²) >= 11 is 5.98. The van der Waals surface area contributed by atoms with E-state index in [-0.39, 0.29) is 27.6 Å². The van der Waals surface area contributed by atoms with Gasteiger partial charge in [0.25, 0.3) is 5.91 Å². The molecule has 0 spiro atoms. The second-order valence-electron chi connectivity index (χ2n) is 4.07. The minimum Gasteiger partial charge on any atom is -0.506 e. The van der Waals surface area contributed by atoms with E-state index in [4.69, 9.17) is 11.6 Å². The predicted octanol–water partition coefficient (Wildman–Crippen LogP) is 2.48. The van der Waals surface area contributed by atoms with E-state index in [1.807, 2.05) is 0 Å². The predicted molar refractivity (Wildman–Crippen MR) is 76.6 cm³/mol. The maximum Gasteiger partial charge on any atom is 0.337 e. The highest BCUT2D eigenvalue weighted by molar-refractivity contribution is 6.34. The summed E-state index contributed by atoms with van der Waals surface area (Å²) in [5, 5.41) is 12.1. The van der Waals surface area contributed by atoms with E-state index >= 15 is 0 Å². The molecule has 108 valence electrons. The SMILES string of the molecule is COC(=O)c1ccc(Cl)c(NC(=O)c2cncc(O)c2)c1. The largest absolute Gasteiger partial charge is 0.506 e. The van der Waals surface area contributed by atoms with Gasteiger partial charge in [-0.1, -0.05) is 11.6 Å². The Labute approximate surface area is 125 Å². The smallest absolute Gasteiger partial charge is 0.337 e. The summed E-state index contributed by atoms with van der Waals surface area (Å²) in [7, 11) is 1.26. The Morgan fingerprint density at radius 3 is 2.67 bits per heavy atom. The quantitative estimate of drug-likeness (QED) is 0.850. The fraction of sp³-hybridized carbons (Fsp3) is 0.0714. The van der Waals surface area contributed by atoms with Gasteiger partial charge in [-0.25, -0.2) is 4.79 Å². The molecule has 0 bridgehead atoms. The number of hydrogen-bond acceptors (Lipinski definition) is 5. The Balaban J connectivity index is 2.26. The minimum atomic E-state index is -0.541. The highest BCUT2D eigenvalue weighted by Gasteiger charge is 2.13. The normalized spacial score (nSPS) is 10.0. The van der Waals surface area contributed by atoms with E-state index in [0.717, 1.165) is 0 Å². The molecular weight excluding hydrogens is 296 g/mol. The van der Waals surface area contributed by atoms with Crippen LogP contribution in [0.25, 0.3) is 0 Å². The van der Waals surface area contributed by atoms with Crippen molar-refractivity contribution in [1.82, 2.24) is 4.98 Å². The molecule has 1 heterocycles. The van der Waals surface area contributed by atoms with Crippen molar-refractivity contribution in [1.29, 1.82) is 0 Å². The average Bonchev–Trinajstić information content (AvgIpc) is 2.48. The van der Waals surface area contributed by atoms with Gasteiger partial charge in [0.05, 0.1) is 35.1 Å². The summed E-state index contributed by atoms with van der Waals surface area (Å²) in [5.74, 6) is -1.18. The first-order valence-corrected chi connectivity index (χ1v) is 6.22. The molecule has 21 heavy (non-hydrogen) atoms. The van der Waals surface area contributed by atoms with E-state index in [1.54, 1.807) is 0 Å². The first-order chi connectivity index (χ1) is 10.0. The van der Waals surface area contributed by atoms with Crippen LogP contribution in [0, 0.1) is 0 Å². The minimum absolute atomic E-state index is 0.128. The lowest BCUT2D eigenvalue weighted by Crippen LogP contribution is -2.13. The first kappa shape index (κ1) is 14.8. The molecule has 0 radical (unpaired) electrons. The number of nitrogens with zero attached hydrogens (tertiary/aromatic N) is 1. The maximum absolute atomic E-state index is 12.0. The van der Waals surface area contributed by atoms with Crippen molar-refractivity contribution >= 4 is 29.2 Å². The van der Waals surface area contributed by atoms with Crippen molar-refractivity contribution in [3.63, 3.8) is 0 Å². The van der Waals surface area contributed by atoms with Crippen LogP contribution in [0.2, 0.25) is 5.02 Å². The van der Waals surface area contributed by atoms with Gasteiger partial charge in [0.2, 0.25) is 0 Å². The Morgan fingerprint density at radius 2 is 2.00 bits per heavy atom. The molecule has 0 aliphatic carbocycles. The van der Waals surface area contributed by atoms with Gasteiger partial charge in [0, 0.05) is 6.20 Å². The summed E-state index contributed by atoms with van der Waals surface area (Å²) in [6.45, 7) is 0. The van der Waals surface area contributed by atoms with Crippen molar-refractivity contribution < 1.29 is 19.4 Å². The van der Waals surface area contributed by atoms with Crippen molar-refractivity contribution in [2.24, 2.45) is 0 Å². The Hall–Kier alpha value is -2.60. The number of hydrogen-bond donors (Lipinski definition) is 2. The summed E-state index contributed by atoms with van der Waals surface area (Å²) in [6.07, 6.45) is 2.51. The third-order valence-electron chi connectivity index (χ3n) is 2.62. The number of nitrogens with one attached hydrogen (secondary N) is 1. The number of aromatic nitrogens is 1. The first-order valence-electron chi connectivity index (χ1n) is 5.84. The molecule has 0 unspecified atom stereocenters. The van der Waals surface area contributed by atoms with Gasteiger partial charge in [-0.3, -0.25) is 9.78 Å². The lowest BCUT2D eigenvalue weighted by Gasteiger charge is -2.09. The number of rotatable bonds is 3. The van der Waals surface area contributed by atoms with Crippen molar-refractivity contribution in [2.75, 3.05) is 12.4 Å². The Bertz CT molecular complexity index is 703. The molecule has 7 heteroatoms. The van der Waals surface area contributed by atoms with E-state index < -0.39 is 11.9 Å². The summed E-state index contributed by atoms with van der Waals surface area (Å²) < 4.78 is 4.60. The molecule has 1 aromatic heterocycles. The van der Waals surface area contributed by atoms with Crippen LogP contribution in [0.4, 0.5) is 5.69 Å². The van der Waals surface area contributed by atoms with Crippen LogP contribution < -0.4 is 5.32 Å². The molecule has 0 fully saturated rings. The van der Waals surface area contributed by atoms with Gasteiger partial charge < -0.3 is 15.2 Å². The molecule has 0 saturated carbocycles. The third-order valence-corrected chi connectivity index (χ3v) is 2.95. The molecule has 1 aromatic carbocycles. The van der Waals surface area contributed by atoms with Crippen LogP contribution in [-0.4, -0.2) is 29.1 Å². The Morgan fingerprint density at radius 1 is 1.24 bits per heavy atom. The number of aromatic hydroxyl groups is 1. The van der Waals surface area contributed by atoms with Crippen molar-refractivity contribution in [2.45, 2.75) is 0 Å². The number of ether oxygens (including phenoxy) is 1. The zero-order valence-corrected chi connectivity index (χ0v) is 11.7. The molecule has 2 rings (SSSR count). The molecule has 2 aromatic rings. The maximum atomic E-state index is 12.0. The van der Waals surface area contributed by atoms with Crippen LogP contribution >= 0.6 is 11.6 Å². The molecule has 2 N–H and O–H groups in total. The van der Waals surface area contributed by atoms with Crippen molar-refractivity contribution in [3.8, 4) is 5.75 Å². The number of carbonyl (C=O) groups is 2. The van der Waals surface area contributed by atoms with E-state index in [1.165, 1.54) is 43.8 Å². The molecular formula is C14H11ClN2O4. The van der Waals surface area contributed by atoms with Crippen LogP contribution in [0.3, 0.4) is 0 Å². The summed E-state index contributed by atoms with van der Waals surface area (Å²) in [4.78, 5) is 27.2. The standard InChI is InChI=1S/C14H11ClN2O4/c1-21-14(20)8-2-3-11(15)12(5-8)17-13(19)9-4-10(18)7-16-6-9/h2-7,18H,1H3,(H,17,19). The molecule has 0 saturated heterocycles. The van der Waals surface area contributed by atoms with Gasteiger partial charge in [-0.2, -0.15) is 0 Å². The monoisotopic (exact) mass is 306 g/mol. The summed E-state index contributed by atoms with van der Waals surface area (Å²) in [5.41, 5.74) is 0.675. The topological polar surface area (TPSA) is 88.5 Å². The summed E-state index contributed by atoms with van der Waals surface area (Å²) in [6, 6.07) is 5.63. The second-order valence-corrected chi connectivity index (χ2v) is 4.48. The van der Waals surface area contributed by atoms with Gasteiger partial charge in [0.15, 0.2) is 0 Å². The van der Waals surface area contributed by atoms with E-state index in [2.05, 4.69) is 15.0 Å². The molecule has 0 atom stereocenters.